The number of benzene rings is 1. The highest BCUT2D eigenvalue weighted by Gasteiger charge is 2.25. The van der Waals surface area contributed by atoms with Crippen molar-refractivity contribution in [3.05, 3.63) is 60.4 Å². The van der Waals surface area contributed by atoms with E-state index in [1.54, 1.807) is 12.4 Å². The van der Waals surface area contributed by atoms with Crippen LogP contribution in [0.4, 0.5) is 5.69 Å². The van der Waals surface area contributed by atoms with Crippen LogP contribution in [0, 0.1) is 0 Å². The van der Waals surface area contributed by atoms with Gasteiger partial charge in [0, 0.05) is 18.1 Å². The minimum absolute atomic E-state index is 0.0197. The van der Waals surface area contributed by atoms with E-state index in [0.717, 1.165) is 11.3 Å². The standard InChI is InChI=1S/C14H16N2O/c1-14(11-17,12-7-9-15-10-8-12)16-13-5-3-2-4-6-13/h2-10,16-17H,11H2,1H3. The Balaban J connectivity index is 2.27. The number of rotatable bonds is 4. The second-order valence-electron chi connectivity index (χ2n) is 4.22. The molecular weight excluding hydrogens is 212 g/mol. The summed E-state index contributed by atoms with van der Waals surface area (Å²) < 4.78 is 0. The number of hydrogen-bond acceptors (Lipinski definition) is 3. The molecule has 88 valence electrons. The normalized spacial score (nSPS) is 14.0. The van der Waals surface area contributed by atoms with Crippen molar-refractivity contribution in [2.75, 3.05) is 11.9 Å². The van der Waals surface area contributed by atoms with Crippen molar-refractivity contribution in [1.82, 2.24) is 4.98 Å². The first-order valence-corrected chi connectivity index (χ1v) is 5.59. The first-order valence-electron chi connectivity index (χ1n) is 5.59. The molecule has 1 aromatic carbocycles. The summed E-state index contributed by atoms with van der Waals surface area (Å²) in [6.45, 7) is 1.99. The topological polar surface area (TPSA) is 45.1 Å². The van der Waals surface area contributed by atoms with E-state index in [9.17, 15) is 5.11 Å². The van der Waals surface area contributed by atoms with Crippen LogP contribution >= 0.6 is 0 Å². The van der Waals surface area contributed by atoms with Crippen LogP contribution in [0.3, 0.4) is 0 Å². The van der Waals surface area contributed by atoms with Crippen molar-refractivity contribution in [3.8, 4) is 0 Å². The van der Waals surface area contributed by atoms with E-state index >= 15 is 0 Å². The molecule has 3 nitrogen and oxygen atoms in total. The van der Waals surface area contributed by atoms with Crippen LogP contribution < -0.4 is 5.32 Å². The zero-order chi connectivity index (χ0) is 12.1. The smallest absolute Gasteiger partial charge is 0.0829 e. The monoisotopic (exact) mass is 228 g/mol. The summed E-state index contributed by atoms with van der Waals surface area (Å²) in [5, 5.41) is 13.0. The Hall–Kier alpha value is -1.87. The number of aromatic nitrogens is 1. The molecule has 0 bridgehead atoms. The summed E-state index contributed by atoms with van der Waals surface area (Å²) in [6.07, 6.45) is 3.46. The highest BCUT2D eigenvalue weighted by molar-refractivity contribution is 5.47. The third-order valence-corrected chi connectivity index (χ3v) is 2.83. The largest absolute Gasteiger partial charge is 0.394 e. The van der Waals surface area contributed by atoms with Crippen LogP contribution in [0.25, 0.3) is 0 Å². The fourth-order valence-corrected chi connectivity index (χ4v) is 1.76. The third-order valence-electron chi connectivity index (χ3n) is 2.83. The molecule has 1 unspecified atom stereocenters. The zero-order valence-corrected chi connectivity index (χ0v) is 9.80. The van der Waals surface area contributed by atoms with E-state index in [1.165, 1.54) is 0 Å². The van der Waals surface area contributed by atoms with Gasteiger partial charge in [-0.1, -0.05) is 18.2 Å². The molecule has 0 saturated carbocycles. The van der Waals surface area contributed by atoms with E-state index in [4.69, 9.17) is 0 Å². The Labute approximate surface area is 101 Å². The van der Waals surface area contributed by atoms with Gasteiger partial charge >= 0.3 is 0 Å². The molecule has 0 amide bonds. The summed E-state index contributed by atoms with van der Waals surface area (Å²) in [5.74, 6) is 0. The van der Waals surface area contributed by atoms with Gasteiger partial charge in [0.1, 0.15) is 0 Å². The van der Waals surface area contributed by atoms with E-state index < -0.39 is 5.54 Å². The van der Waals surface area contributed by atoms with Crippen LogP contribution in [0.2, 0.25) is 0 Å². The molecule has 0 aliphatic heterocycles. The van der Waals surface area contributed by atoms with Gasteiger partial charge in [0.15, 0.2) is 0 Å². The highest BCUT2D eigenvalue weighted by Crippen LogP contribution is 2.24. The molecule has 1 aromatic heterocycles. The number of para-hydroxylation sites is 1. The van der Waals surface area contributed by atoms with Gasteiger partial charge in [0.05, 0.1) is 12.1 Å². The second kappa shape index (κ2) is 4.97. The molecule has 0 aliphatic carbocycles. The van der Waals surface area contributed by atoms with Crippen molar-refractivity contribution in [2.45, 2.75) is 12.5 Å². The van der Waals surface area contributed by atoms with Gasteiger partial charge < -0.3 is 10.4 Å². The number of pyridine rings is 1. The van der Waals surface area contributed by atoms with Crippen molar-refractivity contribution >= 4 is 5.69 Å². The van der Waals surface area contributed by atoms with Crippen LogP contribution in [-0.4, -0.2) is 16.7 Å². The number of hydrogen-bond donors (Lipinski definition) is 2. The quantitative estimate of drug-likeness (QED) is 0.844. The Morgan fingerprint density at radius 3 is 2.35 bits per heavy atom. The molecule has 2 rings (SSSR count). The lowest BCUT2D eigenvalue weighted by molar-refractivity contribution is 0.224. The van der Waals surface area contributed by atoms with Crippen molar-refractivity contribution < 1.29 is 5.11 Å². The summed E-state index contributed by atoms with van der Waals surface area (Å²) in [4.78, 5) is 3.99. The first kappa shape index (κ1) is 11.6. The highest BCUT2D eigenvalue weighted by atomic mass is 16.3. The number of aliphatic hydroxyl groups is 1. The van der Waals surface area contributed by atoms with Gasteiger partial charge in [-0.15, -0.1) is 0 Å². The molecule has 0 aliphatic rings. The minimum atomic E-state index is -0.496. The fraction of sp³-hybridized carbons (Fsp3) is 0.214. The van der Waals surface area contributed by atoms with Gasteiger partial charge in [-0.05, 0) is 36.8 Å². The average Bonchev–Trinajstić information content (AvgIpc) is 2.41. The Morgan fingerprint density at radius 2 is 1.76 bits per heavy atom. The van der Waals surface area contributed by atoms with Crippen molar-refractivity contribution in [1.29, 1.82) is 0 Å². The van der Waals surface area contributed by atoms with Crippen LogP contribution in [0.1, 0.15) is 12.5 Å². The number of aliphatic hydroxyl groups excluding tert-OH is 1. The Kier molecular flexibility index (Phi) is 3.40. The summed E-state index contributed by atoms with van der Waals surface area (Å²) >= 11 is 0. The summed E-state index contributed by atoms with van der Waals surface area (Å²) in [5.41, 5.74) is 1.50. The maximum atomic E-state index is 9.62. The van der Waals surface area contributed by atoms with E-state index in [2.05, 4.69) is 10.3 Å². The lowest BCUT2D eigenvalue weighted by atomic mass is 9.93. The summed E-state index contributed by atoms with van der Waals surface area (Å²) in [7, 11) is 0. The maximum Gasteiger partial charge on any atom is 0.0829 e. The van der Waals surface area contributed by atoms with Crippen LogP contribution in [0.5, 0.6) is 0 Å². The van der Waals surface area contributed by atoms with E-state index in [-0.39, 0.29) is 6.61 Å². The fourth-order valence-electron chi connectivity index (χ4n) is 1.76. The molecule has 0 spiro atoms. The summed E-state index contributed by atoms with van der Waals surface area (Å²) in [6, 6.07) is 13.7. The number of nitrogens with one attached hydrogen (secondary N) is 1. The molecule has 1 heterocycles. The molecule has 0 saturated heterocycles. The maximum absolute atomic E-state index is 9.62. The van der Waals surface area contributed by atoms with Crippen LogP contribution in [-0.2, 0) is 5.54 Å². The van der Waals surface area contributed by atoms with Crippen LogP contribution in [0.15, 0.2) is 54.9 Å². The van der Waals surface area contributed by atoms with Gasteiger partial charge in [-0.2, -0.15) is 0 Å². The Bertz CT molecular complexity index is 458. The molecular formula is C14H16N2O. The molecule has 1 atom stereocenters. The predicted octanol–water partition coefficient (Wildman–Crippen LogP) is 2.40. The SMILES string of the molecule is CC(CO)(Nc1ccccc1)c1ccncc1. The van der Waals surface area contributed by atoms with Crippen molar-refractivity contribution in [2.24, 2.45) is 0 Å². The first-order chi connectivity index (χ1) is 8.24. The second-order valence-corrected chi connectivity index (χ2v) is 4.22. The molecule has 2 aromatic rings. The van der Waals surface area contributed by atoms with Gasteiger partial charge in [-0.3, -0.25) is 4.98 Å². The Morgan fingerprint density at radius 1 is 1.12 bits per heavy atom. The van der Waals surface area contributed by atoms with Crippen molar-refractivity contribution in [3.63, 3.8) is 0 Å². The zero-order valence-electron chi connectivity index (χ0n) is 9.80. The number of nitrogens with zero attached hydrogens (tertiary/aromatic N) is 1. The lowest BCUT2D eigenvalue weighted by Crippen LogP contribution is -2.35. The van der Waals surface area contributed by atoms with E-state index in [0.29, 0.717) is 0 Å². The lowest BCUT2D eigenvalue weighted by Gasteiger charge is -2.30. The molecule has 0 radical (unpaired) electrons. The average molecular weight is 228 g/mol. The third kappa shape index (κ3) is 2.63. The molecule has 2 N–H and O–H groups in total. The van der Waals surface area contributed by atoms with Gasteiger partial charge in [-0.25, -0.2) is 0 Å². The van der Waals surface area contributed by atoms with Gasteiger partial charge in [0.25, 0.3) is 0 Å². The molecule has 0 fully saturated rings. The molecule has 17 heavy (non-hydrogen) atoms. The predicted molar refractivity (Wildman–Crippen MR) is 68.7 cm³/mol. The van der Waals surface area contributed by atoms with E-state index in [1.807, 2.05) is 49.4 Å². The minimum Gasteiger partial charge on any atom is -0.394 e. The van der Waals surface area contributed by atoms with Gasteiger partial charge in [0.2, 0.25) is 0 Å². The molecule has 3 heteroatoms. The number of anilines is 1.